The van der Waals surface area contributed by atoms with Gasteiger partial charge in [-0.3, -0.25) is 4.79 Å². The SMILES string of the molecule is Cc1noc(C)c1C(=O)N1CCC(N2CC(C)(C)COC2=O)CC1. The van der Waals surface area contributed by atoms with Crippen LogP contribution in [-0.2, 0) is 4.74 Å². The minimum absolute atomic E-state index is 0.0302. The zero-order valence-electron chi connectivity index (χ0n) is 14.8. The molecule has 2 aliphatic rings. The second-order valence-electron chi connectivity index (χ2n) is 7.57. The monoisotopic (exact) mass is 335 g/mol. The van der Waals surface area contributed by atoms with E-state index in [4.69, 9.17) is 9.26 Å². The lowest BCUT2D eigenvalue weighted by Gasteiger charge is -2.44. The van der Waals surface area contributed by atoms with Gasteiger partial charge in [-0.2, -0.15) is 0 Å². The van der Waals surface area contributed by atoms with Gasteiger partial charge >= 0.3 is 6.09 Å². The van der Waals surface area contributed by atoms with Crippen molar-refractivity contribution in [2.75, 3.05) is 26.2 Å². The molecule has 3 heterocycles. The zero-order valence-corrected chi connectivity index (χ0v) is 14.8. The molecule has 0 N–H and O–H groups in total. The van der Waals surface area contributed by atoms with Crippen LogP contribution >= 0.6 is 0 Å². The molecule has 0 aromatic carbocycles. The molecule has 132 valence electrons. The van der Waals surface area contributed by atoms with Crippen molar-refractivity contribution >= 4 is 12.0 Å². The number of carbonyl (C=O) groups excluding carboxylic acids is 2. The number of piperidine rings is 1. The number of nitrogens with zero attached hydrogens (tertiary/aromatic N) is 3. The van der Waals surface area contributed by atoms with Gasteiger partial charge in [0.1, 0.15) is 11.3 Å². The van der Waals surface area contributed by atoms with E-state index >= 15 is 0 Å². The first-order valence-corrected chi connectivity index (χ1v) is 8.44. The van der Waals surface area contributed by atoms with E-state index in [2.05, 4.69) is 19.0 Å². The normalized spacial score (nSPS) is 21.8. The lowest BCUT2D eigenvalue weighted by atomic mass is 9.91. The molecule has 0 spiro atoms. The lowest BCUT2D eigenvalue weighted by molar-refractivity contribution is -0.0153. The Kier molecular flexibility index (Phi) is 4.27. The third kappa shape index (κ3) is 3.12. The van der Waals surface area contributed by atoms with E-state index in [1.54, 1.807) is 13.8 Å². The highest BCUT2D eigenvalue weighted by Gasteiger charge is 2.38. The van der Waals surface area contributed by atoms with E-state index in [9.17, 15) is 9.59 Å². The van der Waals surface area contributed by atoms with Crippen LogP contribution in [0.25, 0.3) is 0 Å². The Bertz CT molecular complexity index is 625. The Morgan fingerprint density at radius 2 is 1.92 bits per heavy atom. The number of aryl methyl sites for hydroxylation is 2. The summed E-state index contributed by atoms with van der Waals surface area (Å²) in [7, 11) is 0. The first-order valence-electron chi connectivity index (χ1n) is 8.44. The molecule has 2 amide bonds. The highest BCUT2D eigenvalue weighted by atomic mass is 16.6. The van der Waals surface area contributed by atoms with Crippen LogP contribution < -0.4 is 0 Å². The molecular formula is C17H25N3O4. The lowest BCUT2D eigenvalue weighted by Crippen LogP contribution is -2.55. The first kappa shape index (κ1) is 16.8. The molecule has 0 saturated carbocycles. The van der Waals surface area contributed by atoms with E-state index in [0.717, 1.165) is 12.8 Å². The van der Waals surface area contributed by atoms with Crippen LogP contribution in [0.3, 0.4) is 0 Å². The van der Waals surface area contributed by atoms with E-state index < -0.39 is 0 Å². The van der Waals surface area contributed by atoms with Crippen molar-refractivity contribution in [2.24, 2.45) is 5.41 Å². The molecule has 0 unspecified atom stereocenters. The topological polar surface area (TPSA) is 75.9 Å². The summed E-state index contributed by atoms with van der Waals surface area (Å²) in [6.45, 7) is 10.1. The van der Waals surface area contributed by atoms with Crippen molar-refractivity contribution in [3.8, 4) is 0 Å². The summed E-state index contributed by atoms with van der Waals surface area (Å²) in [5.41, 5.74) is 1.16. The van der Waals surface area contributed by atoms with Crippen molar-refractivity contribution in [2.45, 2.75) is 46.6 Å². The Labute approximate surface area is 141 Å². The number of rotatable bonds is 2. The molecule has 0 atom stereocenters. The summed E-state index contributed by atoms with van der Waals surface area (Å²) >= 11 is 0. The molecule has 3 rings (SSSR count). The van der Waals surface area contributed by atoms with Gasteiger partial charge in [-0.15, -0.1) is 0 Å². The molecule has 0 aliphatic carbocycles. The van der Waals surface area contributed by atoms with Crippen LogP contribution in [0.4, 0.5) is 4.79 Å². The number of hydrogen-bond donors (Lipinski definition) is 0. The second kappa shape index (κ2) is 6.11. The van der Waals surface area contributed by atoms with Crippen LogP contribution in [0.15, 0.2) is 4.52 Å². The summed E-state index contributed by atoms with van der Waals surface area (Å²) in [5.74, 6) is 0.521. The highest BCUT2D eigenvalue weighted by Crippen LogP contribution is 2.28. The van der Waals surface area contributed by atoms with Crippen molar-refractivity contribution < 1.29 is 18.8 Å². The number of carbonyl (C=O) groups is 2. The van der Waals surface area contributed by atoms with E-state index in [1.165, 1.54) is 0 Å². The molecule has 2 saturated heterocycles. The van der Waals surface area contributed by atoms with Gasteiger partial charge in [-0.25, -0.2) is 4.79 Å². The summed E-state index contributed by atoms with van der Waals surface area (Å²) in [4.78, 5) is 28.4. The van der Waals surface area contributed by atoms with E-state index in [0.29, 0.717) is 43.3 Å². The van der Waals surface area contributed by atoms with Crippen LogP contribution in [0.1, 0.15) is 48.5 Å². The number of amides is 2. The number of likely N-dealkylation sites (tertiary alicyclic amines) is 1. The average Bonchev–Trinajstić information content (AvgIpc) is 2.88. The van der Waals surface area contributed by atoms with Crippen molar-refractivity contribution in [3.63, 3.8) is 0 Å². The first-order chi connectivity index (χ1) is 11.3. The van der Waals surface area contributed by atoms with Gasteiger partial charge in [0.2, 0.25) is 0 Å². The maximum Gasteiger partial charge on any atom is 0.410 e. The second-order valence-corrected chi connectivity index (χ2v) is 7.57. The fraction of sp³-hybridized carbons (Fsp3) is 0.706. The molecule has 0 bridgehead atoms. The zero-order chi connectivity index (χ0) is 17.5. The van der Waals surface area contributed by atoms with Gasteiger partial charge in [0.25, 0.3) is 5.91 Å². The third-order valence-electron chi connectivity index (χ3n) is 4.86. The molecule has 2 aliphatic heterocycles. The fourth-order valence-corrected chi connectivity index (χ4v) is 3.52. The summed E-state index contributed by atoms with van der Waals surface area (Å²) in [6.07, 6.45) is 1.30. The molecule has 7 nitrogen and oxygen atoms in total. The number of ether oxygens (including phenoxy) is 1. The smallest absolute Gasteiger partial charge is 0.410 e. The quantitative estimate of drug-likeness (QED) is 0.829. The standard InChI is InChI=1S/C17H25N3O4/c1-11-14(12(2)24-18-11)15(21)19-7-5-13(6-8-19)20-9-17(3,4)10-23-16(20)22/h13H,5-10H2,1-4H3. The Morgan fingerprint density at radius 3 is 2.50 bits per heavy atom. The van der Waals surface area contributed by atoms with Crippen LogP contribution in [0.5, 0.6) is 0 Å². The van der Waals surface area contributed by atoms with Crippen molar-refractivity contribution in [3.05, 3.63) is 17.0 Å². The predicted molar refractivity (Wildman–Crippen MR) is 86.7 cm³/mol. The minimum Gasteiger partial charge on any atom is -0.449 e. The van der Waals surface area contributed by atoms with Gasteiger partial charge in [0.15, 0.2) is 0 Å². The minimum atomic E-state index is -0.232. The maximum atomic E-state index is 12.7. The molecule has 24 heavy (non-hydrogen) atoms. The van der Waals surface area contributed by atoms with Gasteiger partial charge in [0, 0.05) is 31.1 Å². The number of cyclic esters (lactones) is 1. The number of aromatic nitrogens is 1. The average molecular weight is 335 g/mol. The number of hydrogen-bond acceptors (Lipinski definition) is 5. The van der Waals surface area contributed by atoms with E-state index in [1.807, 2.05) is 9.80 Å². The van der Waals surface area contributed by atoms with Gasteiger partial charge in [-0.05, 0) is 26.7 Å². The molecule has 7 heteroatoms. The van der Waals surface area contributed by atoms with Crippen LogP contribution in [0, 0.1) is 19.3 Å². The molecule has 1 aromatic rings. The molecule has 1 aromatic heterocycles. The van der Waals surface area contributed by atoms with E-state index in [-0.39, 0.29) is 23.5 Å². The third-order valence-corrected chi connectivity index (χ3v) is 4.86. The van der Waals surface area contributed by atoms with Gasteiger partial charge < -0.3 is 19.1 Å². The Hall–Kier alpha value is -2.05. The fourth-order valence-electron chi connectivity index (χ4n) is 3.52. The Morgan fingerprint density at radius 1 is 1.25 bits per heavy atom. The van der Waals surface area contributed by atoms with Gasteiger partial charge in [-0.1, -0.05) is 19.0 Å². The largest absolute Gasteiger partial charge is 0.449 e. The Balaban J connectivity index is 1.63. The molecule has 2 fully saturated rings. The van der Waals surface area contributed by atoms with Gasteiger partial charge in [0.05, 0.1) is 12.3 Å². The molecule has 0 radical (unpaired) electrons. The highest BCUT2D eigenvalue weighted by molar-refractivity contribution is 5.96. The van der Waals surface area contributed by atoms with Crippen molar-refractivity contribution in [1.82, 2.24) is 15.0 Å². The van der Waals surface area contributed by atoms with Crippen molar-refractivity contribution in [1.29, 1.82) is 0 Å². The van der Waals surface area contributed by atoms with Crippen LogP contribution in [0.2, 0.25) is 0 Å². The summed E-state index contributed by atoms with van der Waals surface area (Å²) < 4.78 is 10.4. The summed E-state index contributed by atoms with van der Waals surface area (Å²) in [5, 5.41) is 3.85. The summed E-state index contributed by atoms with van der Waals surface area (Å²) in [6, 6.07) is 0.130. The molecular weight excluding hydrogens is 310 g/mol. The van der Waals surface area contributed by atoms with Crippen LogP contribution in [-0.4, -0.2) is 59.2 Å². The maximum absolute atomic E-state index is 12.7. The predicted octanol–water partition coefficient (Wildman–Crippen LogP) is 2.37.